The summed E-state index contributed by atoms with van der Waals surface area (Å²) in [6, 6.07) is 3.97. The van der Waals surface area contributed by atoms with E-state index in [4.69, 9.17) is 0 Å². The molecule has 0 aromatic carbocycles. The van der Waals surface area contributed by atoms with Crippen LogP contribution in [-0.4, -0.2) is 36.4 Å². The largest absolute Gasteiger partial charge is 0.350 e. The lowest BCUT2D eigenvalue weighted by Crippen LogP contribution is -2.47. The van der Waals surface area contributed by atoms with Gasteiger partial charge in [-0.05, 0) is 24.8 Å². The number of hydrogen-bond donors (Lipinski definition) is 1. The number of aromatic nitrogens is 1. The van der Waals surface area contributed by atoms with E-state index in [0.717, 1.165) is 15.6 Å². The summed E-state index contributed by atoms with van der Waals surface area (Å²) in [6.07, 6.45) is 0.649. The smallest absolute Gasteiger partial charge is 0.226 e. The van der Waals surface area contributed by atoms with Crippen molar-refractivity contribution in [2.45, 2.75) is 25.3 Å². The number of sulfone groups is 1. The molecule has 2 aromatic rings. The number of carbonyl (C=O) groups excluding carboxylic acids is 1. The van der Waals surface area contributed by atoms with Crippen LogP contribution in [-0.2, 0) is 21.1 Å². The summed E-state index contributed by atoms with van der Waals surface area (Å²) in [6.45, 7) is 1.79. The Morgan fingerprint density at radius 3 is 2.91 bits per heavy atom. The fourth-order valence-corrected chi connectivity index (χ4v) is 6.28. The van der Waals surface area contributed by atoms with Gasteiger partial charge in [-0.15, -0.1) is 22.7 Å². The second kappa shape index (κ2) is 5.75. The number of nitrogens with zero attached hydrogens (tertiary/aromatic N) is 1. The third kappa shape index (κ3) is 3.56. The van der Waals surface area contributed by atoms with E-state index in [1.54, 1.807) is 18.3 Å². The van der Waals surface area contributed by atoms with Crippen molar-refractivity contribution in [3.63, 3.8) is 0 Å². The molecule has 1 fully saturated rings. The number of thiazole rings is 1. The van der Waals surface area contributed by atoms with Crippen molar-refractivity contribution in [1.82, 2.24) is 10.3 Å². The van der Waals surface area contributed by atoms with Crippen LogP contribution in [0.2, 0.25) is 0 Å². The maximum Gasteiger partial charge on any atom is 0.226 e. The number of carbonyl (C=O) groups is 1. The molecule has 2 aromatic heterocycles. The van der Waals surface area contributed by atoms with E-state index in [0.29, 0.717) is 6.42 Å². The van der Waals surface area contributed by atoms with Crippen molar-refractivity contribution in [1.29, 1.82) is 0 Å². The molecule has 3 heterocycles. The fraction of sp³-hybridized carbons (Fsp3) is 0.429. The Morgan fingerprint density at radius 2 is 2.27 bits per heavy atom. The number of thiophene rings is 1. The SMILES string of the molecule is CC1(NC(=O)Cc2csc(-c3cccs3)n2)CCS(=O)(=O)C1. The molecular weight excluding hydrogens is 340 g/mol. The van der Waals surface area contributed by atoms with Crippen LogP contribution >= 0.6 is 22.7 Å². The van der Waals surface area contributed by atoms with Gasteiger partial charge in [0.2, 0.25) is 5.91 Å². The highest BCUT2D eigenvalue weighted by molar-refractivity contribution is 7.91. The first kappa shape index (κ1) is 15.6. The standard InChI is InChI=1S/C14H16N2O3S3/c1-14(4-6-22(18,19)9-14)16-12(17)7-10-8-21-13(15-10)11-3-2-5-20-11/h2-3,5,8H,4,6-7,9H2,1H3,(H,16,17). The minimum absolute atomic E-state index is 0.0171. The first-order chi connectivity index (χ1) is 10.4. The third-order valence-corrected chi connectivity index (χ3v) is 7.40. The first-order valence-electron chi connectivity index (χ1n) is 6.85. The van der Waals surface area contributed by atoms with Crippen LogP contribution in [0, 0.1) is 0 Å². The van der Waals surface area contributed by atoms with Gasteiger partial charge in [0.15, 0.2) is 9.84 Å². The molecular formula is C14H16N2O3S3. The lowest BCUT2D eigenvalue weighted by atomic mass is 10.0. The zero-order valence-corrected chi connectivity index (χ0v) is 14.5. The summed E-state index contributed by atoms with van der Waals surface area (Å²) >= 11 is 3.13. The van der Waals surface area contributed by atoms with Crippen LogP contribution in [0.4, 0.5) is 0 Å². The van der Waals surface area contributed by atoms with Gasteiger partial charge < -0.3 is 5.32 Å². The summed E-state index contributed by atoms with van der Waals surface area (Å²) in [7, 11) is -3.02. The normalized spacial score (nSPS) is 23.5. The number of hydrogen-bond acceptors (Lipinski definition) is 6. The van der Waals surface area contributed by atoms with Crippen molar-refractivity contribution < 1.29 is 13.2 Å². The highest BCUT2D eigenvalue weighted by Crippen LogP contribution is 2.28. The average Bonchev–Trinajstić information content (AvgIpc) is 3.09. The molecule has 5 nitrogen and oxygen atoms in total. The van der Waals surface area contributed by atoms with E-state index in [-0.39, 0.29) is 23.8 Å². The second-order valence-corrected chi connectivity index (χ2v) is 9.74. The summed E-state index contributed by atoms with van der Waals surface area (Å²) in [5, 5.41) is 7.63. The fourth-order valence-electron chi connectivity index (χ4n) is 2.56. The monoisotopic (exact) mass is 356 g/mol. The highest BCUT2D eigenvalue weighted by Gasteiger charge is 2.39. The Hall–Kier alpha value is -1.25. The molecule has 1 saturated heterocycles. The number of amides is 1. The number of rotatable bonds is 4. The van der Waals surface area contributed by atoms with Crippen molar-refractivity contribution >= 4 is 38.4 Å². The van der Waals surface area contributed by atoms with Crippen molar-refractivity contribution in [3.05, 3.63) is 28.6 Å². The van der Waals surface area contributed by atoms with E-state index in [9.17, 15) is 13.2 Å². The van der Waals surface area contributed by atoms with Crippen molar-refractivity contribution in [2.75, 3.05) is 11.5 Å². The minimum atomic E-state index is -3.02. The Labute approximate surface area is 137 Å². The van der Waals surface area contributed by atoms with Gasteiger partial charge in [-0.25, -0.2) is 13.4 Å². The van der Waals surface area contributed by atoms with Crippen LogP contribution < -0.4 is 5.32 Å². The van der Waals surface area contributed by atoms with E-state index in [1.807, 2.05) is 22.9 Å². The van der Waals surface area contributed by atoms with Crippen molar-refractivity contribution in [3.8, 4) is 9.88 Å². The van der Waals surface area contributed by atoms with Gasteiger partial charge in [0.1, 0.15) is 5.01 Å². The zero-order chi connectivity index (χ0) is 15.8. The van der Waals surface area contributed by atoms with Crippen LogP contribution in [0.3, 0.4) is 0 Å². The molecule has 1 N–H and O–H groups in total. The number of nitrogens with one attached hydrogen (secondary N) is 1. The summed E-state index contributed by atoms with van der Waals surface area (Å²) < 4.78 is 23.1. The van der Waals surface area contributed by atoms with Crippen LogP contribution in [0.1, 0.15) is 19.0 Å². The summed E-state index contributed by atoms with van der Waals surface area (Å²) in [5.41, 5.74) is 0.0676. The maximum absolute atomic E-state index is 12.1. The Balaban J connectivity index is 1.63. The van der Waals surface area contributed by atoms with Gasteiger partial charge in [-0.1, -0.05) is 6.07 Å². The summed E-state index contributed by atoms with van der Waals surface area (Å²) in [4.78, 5) is 17.7. The molecule has 1 amide bonds. The minimum Gasteiger partial charge on any atom is -0.350 e. The molecule has 1 unspecified atom stereocenters. The lowest BCUT2D eigenvalue weighted by molar-refractivity contribution is -0.121. The molecule has 0 saturated carbocycles. The molecule has 0 radical (unpaired) electrons. The van der Waals surface area contributed by atoms with Gasteiger partial charge >= 0.3 is 0 Å². The van der Waals surface area contributed by atoms with E-state index in [1.165, 1.54) is 11.3 Å². The first-order valence-corrected chi connectivity index (χ1v) is 10.4. The Morgan fingerprint density at radius 1 is 1.45 bits per heavy atom. The molecule has 1 atom stereocenters. The highest BCUT2D eigenvalue weighted by atomic mass is 32.2. The second-order valence-electron chi connectivity index (χ2n) is 5.75. The van der Waals surface area contributed by atoms with E-state index >= 15 is 0 Å². The molecule has 3 rings (SSSR count). The van der Waals surface area contributed by atoms with Crippen LogP contribution in [0.15, 0.2) is 22.9 Å². The predicted molar refractivity (Wildman–Crippen MR) is 88.9 cm³/mol. The van der Waals surface area contributed by atoms with E-state index < -0.39 is 15.4 Å². The van der Waals surface area contributed by atoms with Crippen LogP contribution in [0.5, 0.6) is 0 Å². The molecule has 0 spiro atoms. The van der Waals surface area contributed by atoms with Gasteiger partial charge in [-0.2, -0.15) is 0 Å². The maximum atomic E-state index is 12.1. The topological polar surface area (TPSA) is 76.1 Å². The molecule has 1 aliphatic heterocycles. The van der Waals surface area contributed by atoms with E-state index in [2.05, 4.69) is 10.3 Å². The Kier molecular flexibility index (Phi) is 4.09. The molecule has 22 heavy (non-hydrogen) atoms. The van der Waals surface area contributed by atoms with Gasteiger partial charge in [-0.3, -0.25) is 4.79 Å². The zero-order valence-electron chi connectivity index (χ0n) is 12.0. The quantitative estimate of drug-likeness (QED) is 0.910. The average molecular weight is 356 g/mol. The Bertz CT molecular complexity index is 780. The van der Waals surface area contributed by atoms with Crippen LogP contribution in [0.25, 0.3) is 9.88 Å². The van der Waals surface area contributed by atoms with Gasteiger partial charge in [0.25, 0.3) is 0 Å². The lowest BCUT2D eigenvalue weighted by Gasteiger charge is -2.23. The molecule has 0 bridgehead atoms. The summed E-state index contributed by atoms with van der Waals surface area (Å²) in [5.74, 6) is -0.0191. The molecule has 118 valence electrons. The molecule has 0 aliphatic carbocycles. The predicted octanol–water partition coefficient (Wildman–Crippen LogP) is 2.11. The van der Waals surface area contributed by atoms with Crippen molar-refractivity contribution in [2.24, 2.45) is 0 Å². The van der Waals surface area contributed by atoms with Gasteiger partial charge in [0, 0.05) is 5.38 Å². The molecule has 8 heteroatoms. The third-order valence-electron chi connectivity index (χ3n) is 3.57. The molecule has 1 aliphatic rings. The van der Waals surface area contributed by atoms with Gasteiger partial charge in [0.05, 0.1) is 34.0 Å².